The number of nitrogens with zero attached hydrogens (tertiary/aromatic N) is 2. The molecule has 20 heavy (non-hydrogen) atoms. The first-order valence-electron chi connectivity index (χ1n) is 6.85. The van der Waals surface area contributed by atoms with E-state index in [-0.39, 0.29) is 5.54 Å². The average molecular weight is 289 g/mol. The summed E-state index contributed by atoms with van der Waals surface area (Å²) in [5.74, 6) is 0. The first-order chi connectivity index (χ1) is 9.37. The normalized spacial score (nSPS) is 11.7. The molecular formula is C16H23N3S. The maximum Gasteiger partial charge on any atom is 0.189 e. The number of aryl methyl sites for hydroxylation is 1. The number of nitrogens with one attached hydrogen (secondary N) is 1. The van der Waals surface area contributed by atoms with E-state index in [2.05, 4.69) is 74.6 Å². The number of hydrogen-bond donors (Lipinski definition) is 1. The molecule has 2 aromatic rings. The molecule has 0 bridgehead atoms. The van der Waals surface area contributed by atoms with Gasteiger partial charge in [-0.3, -0.25) is 0 Å². The lowest BCUT2D eigenvalue weighted by atomic mass is 10.1. The van der Waals surface area contributed by atoms with Gasteiger partial charge in [0.05, 0.1) is 5.69 Å². The fourth-order valence-electron chi connectivity index (χ4n) is 1.93. The van der Waals surface area contributed by atoms with E-state index >= 15 is 0 Å². The second-order valence-corrected chi connectivity index (χ2v) is 6.91. The molecule has 1 aromatic heterocycles. The molecule has 0 fully saturated rings. The molecule has 0 radical (unpaired) electrons. The molecule has 0 aliphatic heterocycles. The average Bonchev–Trinajstić information content (AvgIpc) is 2.84. The quantitative estimate of drug-likeness (QED) is 0.918. The summed E-state index contributed by atoms with van der Waals surface area (Å²) < 4.78 is 0. The zero-order chi connectivity index (χ0) is 14.8. The first-order valence-corrected chi connectivity index (χ1v) is 7.73. The van der Waals surface area contributed by atoms with Crippen LogP contribution in [-0.2, 0) is 6.54 Å². The Kier molecular flexibility index (Phi) is 4.45. The standard InChI is InChI=1S/C16H23N3S/c1-12-8-6-7-9-14(12)19(5)15-18-13(11-20-15)10-17-16(2,3)4/h6-9,11,17H,10H2,1-5H3. The molecule has 0 saturated carbocycles. The Morgan fingerprint density at radius 3 is 2.60 bits per heavy atom. The highest BCUT2D eigenvalue weighted by Gasteiger charge is 2.13. The summed E-state index contributed by atoms with van der Waals surface area (Å²) >= 11 is 1.69. The molecule has 0 unspecified atom stereocenters. The monoisotopic (exact) mass is 289 g/mol. The van der Waals surface area contributed by atoms with Gasteiger partial charge in [-0.05, 0) is 39.3 Å². The zero-order valence-electron chi connectivity index (χ0n) is 12.9. The van der Waals surface area contributed by atoms with Gasteiger partial charge >= 0.3 is 0 Å². The van der Waals surface area contributed by atoms with Crippen LogP contribution in [0.3, 0.4) is 0 Å². The van der Waals surface area contributed by atoms with E-state index in [1.807, 2.05) is 0 Å². The van der Waals surface area contributed by atoms with Crippen molar-refractivity contribution in [3.05, 3.63) is 40.9 Å². The highest BCUT2D eigenvalue weighted by atomic mass is 32.1. The van der Waals surface area contributed by atoms with Crippen molar-refractivity contribution in [1.29, 1.82) is 0 Å². The van der Waals surface area contributed by atoms with Crippen molar-refractivity contribution in [1.82, 2.24) is 10.3 Å². The van der Waals surface area contributed by atoms with E-state index in [1.54, 1.807) is 11.3 Å². The molecule has 108 valence electrons. The van der Waals surface area contributed by atoms with Gasteiger partial charge in [0.15, 0.2) is 5.13 Å². The number of hydrogen-bond acceptors (Lipinski definition) is 4. The number of para-hydroxylation sites is 1. The van der Waals surface area contributed by atoms with Crippen LogP contribution in [0.2, 0.25) is 0 Å². The number of aromatic nitrogens is 1. The summed E-state index contributed by atoms with van der Waals surface area (Å²) in [6.07, 6.45) is 0. The predicted molar refractivity (Wildman–Crippen MR) is 87.9 cm³/mol. The summed E-state index contributed by atoms with van der Waals surface area (Å²) in [6.45, 7) is 9.43. The molecule has 0 atom stereocenters. The molecule has 0 aliphatic carbocycles. The number of thiazole rings is 1. The van der Waals surface area contributed by atoms with Crippen LogP contribution in [-0.4, -0.2) is 17.6 Å². The van der Waals surface area contributed by atoms with Crippen molar-refractivity contribution in [2.45, 2.75) is 39.8 Å². The fourth-order valence-corrected chi connectivity index (χ4v) is 2.73. The maximum absolute atomic E-state index is 4.71. The summed E-state index contributed by atoms with van der Waals surface area (Å²) in [4.78, 5) is 6.87. The largest absolute Gasteiger partial charge is 0.321 e. The van der Waals surface area contributed by atoms with Gasteiger partial charge in [0.1, 0.15) is 0 Å². The van der Waals surface area contributed by atoms with Gasteiger partial charge in [0, 0.05) is 30.2 Å². The lowest BCUT2D eigenvalue weighted by Crippen LogP contribution is -2.35. The topological polar surface area (TPSA) is 28.2 Å². The van der Waals surface area contributed by atoms with E-state index in [9.17, 15) is 0 Å². The summed E-state index contributed by atoms with van der Waals surface area (Å²) in [5, 5.41) is 6.63. The Bertz CT molecular complexity index is 569. The van der Waals surface area contributed by atoms with Crippen molar-refractivity contribution in [3.63, 3.8) is 0 Å². The Labute approximate surface area is 125 Å². The third-order valence-corrected chi connectivity index (χ3v) is 4.07. The van der Waals surface area contributed by atoms with E-state index in [0.717, 1.165) is 17.4 Å². The van der Waals surface area contributed by atoms with Crippen LogP contribution >= 0.6 is 11.3 Å². The van der Waals surface area contributed by atoms with Crippen LogP contribution in [0.25, 0.3) is 0 Å². The van der Waals surface area contributed by atoms with Crippen molar-refractivity contribution >= 4 is 22.2 Å². The molecule has 1 heterocycles. The van der Waals surface area contributed by atoms with Gasteiger partial charge in [-0.15, -0.1) is 11.3 Å². The van der Waals surface area contributed by atoms with E-state index in [4.69, 9.17) is 4.98 Å². The van der Waals surface area contributed by atoms with Crippen LogP contribution in [0, 0.1) is 6.92 Å². The van der Waals surface area contributed by atoms with Crippen molar-refractivity contribution in [3.8, 4) is 0 Å². The SMILES string of the molecule is Cc1ccccc1N(C)c1nc(CNC(C)(C)C)cs1. The van der Waals surface area contributed by atoms with E-state index in [0.29, 0.717) is 0 Å². The number of rotatable bonds is 4. The third kappa shape index (κ3) is 3.81. The summed E-state index contributed by atoms with van der Waals surface area (Å²) in [5.41, 5.74) is 3.68. The highest BCUT2D eigenvalue weighted by molar-refractivity contribution is 7.13. The third-order valence-electron chi connectivity index (χ3n) is 3.10. The minimum Gasteiger partial charge on any atom is -0.321 e. The van der Waals surface area contributed by atoms with Gasteiger partial charge in [0.2, 0.25) is 0 Å². The Balaban J connectivity index is 2.11. The molecule has 1 aromatic carbocycles. The minimum absolute atomic E-state index is 0.117. The number of benzene rings is 1. The van der Waals surface area contributed by atoms with Crippen molar-refractivity contribution < 1.29 is 0 Å². The first kappa shape index (κ1) is 15.0. The van der Waals surface area contributed by atoms with Gasteiger partial charge in [0.25, 0.3) is 0 Å². The maximum atomic E-state index is 4.71. The highest BCUT2D eigenvalue weighted by Crippen LogP contribution is 2.29. The molecule has 0 aliphatic rings. The summed E-state index contributed by atoms with van der Waals surface area (Å²) in [7, 11) is 2.07. The molecular weight excluding hydrogens is 266 g/mol. The molecule has 0 saturated heterocycles. The second kappa shape index (κ2) is 5.94. The molecule has 0 amide bonds. The van der Waals surface area contributed by atoms with Crippen LogP contribution in [0.15, 0.2) is 29.6 Å². The molecule has 0 spiro atoms. The molecule has 4 heteroatoms. The van der Waals surface area contributed by atoms with Crippen molar-refractivity contribution in [2.75, 3.05) is 11.9 Å². The minimum atomic E-state index is 0.117. The molecule has 3 nitrogen and oxygen atoms in total. The molecule has 1 N–H and O–H groups in total. The summed E-state index contributed by atoms with van der Waals surface area (Å²) in [6, 6.07) is 8.38. The van der Waals surface area contributed by atoms with Gasteiger partial charge in [-0.1, -0.05) is 18.2 Å². The van der Waals surface area contributed by atoms with Gasteiger partial charge in [-0.25, -0.2) is 4.98 Å². The lowest BCUT2D eigenvalue weighted by Gasteiger charge is -2.20. The van der Waals surface area contributed by atoms with Crippen molar-refractivity contribution in [2.24, 2.45) is 0 Å². The van der Waals surface area contributed by atoms with Crippen LogP contribution in [0.5, 0.6) is 0 Å². The van der Waals surface area contributed by atoms with Crippen LogP contribution < -0.4 is 10.2 Å². The smallest absolute Gasteiger partial charge is 0.189 e. The predicted octanol–water partition coefficient (Wildman–Crippen LogP) is 4.11. The van der Waals surface area contributed by atoms with E-state index in [1.165, 1.54) is 11.3 Å². The van der Waals surface area contributed by atoms with Gasteiger partial charge in [-0.2, -0.15) is 0 Å². The zero-order valence-corrected chi connectivity index (χ0v) is 13.7. The fraction of sp³-hybridized carbons (Fsp3) is 0.438. The Morgan fingerprint density at radius 1 is 1.25 bits per heavy atom. The van der Waals surface area contributed by atoms with Gasteiger partial charge < -0.3 is 10.2 Å². The molecule has 2 rings (SSSR count). The van der Waals surface area contributed by atoms with E-state index < -0.39 is 0 Å². The lowest BCUT2D eigenvalue weighted by molar-refractivity contribution is 0.422. The Morgan fingerprint density at radius 2 is 1.95 bits per heavy atom. The van der Waals surface area contributed by atoms with Crippen LogP contribution in [0.4, 0.5) is 10.8 Å². The second-order valence-electron chi connectivity index (χ2n) is 6.07. The Hall–Kier alpha value is -1.39. The number of anilines is 2. The van der Waals surface area contributed by atoms with Crippen LogP contribution in [0.1, 0.15) is 32.0 Å².